The van der Waals surface area contributed by atoms with Gasteiger partial charge in [-0.2, -0.15) is 0 Å². The second kappa shape index (κ2) is 8.00. The van der Waals surface area contributed by atoms with Gasteiger partial charge < -0.3 is 4.74 Å². The molecule has 2 aromatic carbocycles. The van der Waals surface area contributed by atoms with Crippen LogP contribution in [0.5, 0.6) is 5.75 Å². The molecule has 0 aromatic heterocycles. The summed E-state index contributed by atoms with van der Waals surface area (Å²) >= 11 is 0. The zero-order valence-corrected chi connectivity index (χ0v) is 12.2. The lowest BCUT2D eigenvalue weighted by atomic mass is 10.1. The lowest BCUT2D eigenvalue weighted by Gasteiger charge is -2.07. The van der Waals surface area contributed by atoms with Gasteiger partial charge in [-0.25, -0.2) is 9.79 Å². The number of rotatable bonds is 6. The van der Waals surface area contributed by atoms with Gasteiger partial charge in [-0.15, -0.1) is 0 Å². The van der Waals surface area contributed by atoms with Crippen molar-refractivity contribution in [3.8, 4) is 5.75 Å². The average Bonchev–Trinajstić information content (AvgIpc) is 2.53. The van der Waals surface area contributed by atoms with E-state index >= 15 is 0 Å². The van der Waals surface area contributed by atoms with Gasteiger partial charge in [0.2, 0.25) is 0 Å². The van der Waals surface area contributed by atoms with Crippen molar-refractivity contribution < 1.29 is 9.53 Å². The number of esters is 1. The molecular weight excluding hydrogens is 262 g/mol. The van der Waals surface area contributed by atoms with Crippen molar-refractivity contribution in [1.82, 2.24) is 0 Å². The van der Waals surface area contributed by atoms with Crippen LogP contribution < -0.4 is 4.74 Å². The molecule has 2 rings (SSSR count). The molecule has 0 aliphatic heterocycles. The zero-order valence-electron chi connectivity index (χ0n) is 12.2. The highest BCUT2D eigenvalue weighted by Gasteiger charge is 2.14. The van der Waals surface area contributed by atoms with E-state index in [9.17, 15) is 4.79 Å². The van der Waals surface area contributed by atoms with E-state index in [-0.39, 0.29) is 5.97 Å². The molecule has 0 saturated carbocycles. The van der Waals surface area contributed by atoms with Gasteiger partial charge in [0, 0.05) is 0 Å². The van der Waals surface area contributed by atoms with Crippen molar-refractivity contribution in [2.45, 2.75) is 26.2 Å². The maximum atomic E-state index is 12.3. The number of benzene rings is 2. The number of carbonyl (C=O) groups is 1. The van der Waals surface area contributed by atoms with Crippen LogP contribution in [0.4, 0.5) is 5.69 Å². The second-order valence-electron chi connectivity index (χ2n) is 4.70. The summed E-state index contributed by atoms with van der Waals surface area (Å²) in [5.74, 6) is 0.165. The molecular formula is C18H19NO2. The molecule has 2 aromatic rings. The van der Waals surface area contributed by atoms with E-state index in [2.05, 4.69) is 11.9 Å². The van der Waals surface area contributed by atoms with Crippen LogP contribution in [-0.4, -0.2) is 11.7 Å². The van der Waals surface area contributed by atoms with E-state index in [4.69, 9.17) is 4.74 Å². The lowest BCUT2D eigenvalue weighted by molar-refractivity contribution is -0.127. The van der Waals surface area contributed by atoms with Crippen LogP contribution in [-0.2, 0) is 4.79 Å². The first-order valence-corrected chi connectivity index (χ1v) is 7.19. The fourth-order valence-corrected chi connectivity index (χ4v) is 1.86. The van der Waals surface area contributed by atoms with Gasteiger partial charge in [-0.05, 0) is 37.1 Å². The van der Waals surface area contributed by atoms with E-state index in [1.54, 1.807) is 12.1 Å². The first-order chi connectivity index (χ1) is 10.3. The summed E-state index contributed by atoms with van der Waals surface area (Å²) in [6.07, 6.45) is 2.54. The molecule has 0 radical (unpaired) electrons. The zero-order chi connectivity index (χ0) is 14.9. The van der Waals surface area contributed by atoms with Gasteiger partial charge in [0.1, 0.15) is 11.5 Å². The highest BCUT2D eigenvalue weighted by molar-refractivity contribution is 6.37. The summed E-state index contributed by atoms with van der Waals surface area (Å²) in [6, 6.07) is 18.6. The quantitative estimate of drug-likeness (QED) is 0.442. The fraction of sp³-hybridized carbons (Fsp3) is 0.222. The monoisotopic (exact) mass is 281 g/mol. The second-order valence-corrected chi connectivity index (χ2v) is 4.70. The minimum Gasteiger partial charge on any atom is -0.422 e. The summed E-state index contributed by atoms with van der Waals surface area (Å²) in [5, 5.41) is 0. The summed E-state index contributed by atoms with van der Waals surface area (Å²) in [5.41, 5.74) is 1.24. The number of hydrogen-bond acceptors (Lipinski definition) is 3. The fourth-order valence-electron chi connectivity index (χ4n) is 1.86. The number of ether oxygens (including phenoxy) is 1. The molecule has 21 heavy (non-hydrogen) atoms. The third-order valence-electron chi connectivity index (χ3n) is 2.98. The number of unbranched alkanes of at least 4 members (excludes halogenated alkanes) is 1. The molecule has 0 bridgehead atoms. The molecule has 0 fully saturated rings. The van der Waals surface area contributed by atoms with E-state index in [0.717, 1.165) is 18.5 Å². The molecule has 0 N–H and O–H groups in total. The Morgan fingerprint density at radius 1 is 1.00 bits per heavy atom. The van der Waals surface area contributed by atoms with E-state index in [0.29, 0.717) is 17.9 Å². The Morgan fingerprint density at radius 2 is 1.62 bits per heavy atom. The Kier molecular flexibility index (Phi) is 5.71. The third kappa shape index (κ3) is 4.88. The predicted molar refractivity (Wildman–Crippen MR) is 85.1 cm³/mol. The van der Waals surface area contributed by atoms with Gasteiger partial charge in [0.25, 0.3) is 0 Å². The number of hydrogen-bond donors (Lipinski definition) is 0. The predicted octanol–water partition coefficient (Wildman–Crippen LogP) is 4.55. The Hall–Kier alpha value is -2.42. The number of nitrogens with zero attached hydrogens (tertiary/aromatic N) is 1. The maximum Gasteiger partial charge on any atom is 0.358 e. The first-order valence-electron chi connectivity index (χ1n) is 7.19. The van der Waals surface area contributed by atoms with Gasteiger partial charge in [0.15, 0.2) is 0 Å². The van der Waals surface area contributed by atoms with Gasteiger partial charge in [-0.1, -0.05) is 49.7 Å². The molecule has 0 aliphatic rings. The van der Waals surface area contributed by atoms with Crippen LogP contribution in [0.25, 0.3) is 0 Å². The van der Waals surface area contributed by atoms with Crippen molar-refractivity contribution in [1.29, 1.82) is 0 Å². The van der Waals surface area contributed by atoms with E-state index in [1.807, 2.05) is 48.5 Å². The largest absolute Gasteiger partial charge is 0.422 e. The van der Waals surface area contributed by atoms with Crippen LogP contribution in [0.15, 0.2) is 65.7 Å². The first kappa shape index (κ1) is 15.0. The number of carbonyl (C=O) groups excluding carboxylic acids is 1. The van der Waals surface area contributed by atoms with Crippen molar-refractivity contribution in [3.05, 3.63) is 60.7 Å². The topological polar surface area (TPSA) is 38.7 Å². The Morgan fingerprint density at radius 3 is 2.24 bits per heavy atom. The highest BCUT2D eigenvalue weighted by atomic mass is 16.5. The SMILES string of the molecule is CCCCC(=Nc1ccccc1)C(=O)Oc1ccccc1. The normalized spacial score (nSPS) is 11.2. The number of para-hydroxylation sites is 2. The summed E-state index contributed by atoms with van der Waals surface area (Å²) in [7, 11) is 0. The van der Waals surface area contributed by atoms with Crippen molar-refractivity contribution in [3.63, 3.8) is 0 Å². The minimum atomic E-state index is -0.376. The Bertz CT molecular complexity index is 591. The molecule has 0 atom stereocenters. The van der Waals surface area contributed by atoms with Crippen LogP contribution in [0.1, 0.15) is 26.2 Å². The van der Waals surface area contributed by atoms with E-state index < -0.39 is 0 Å². The molecule has 3 nitrogen and oxygen atoms in total. The smallest absolute Gasteiger partial charge is 0.358 e. The van der Waals surface area contributed by atoms with Crippen LogP contribution in [0.3, 0.4) is 0 Å². The molecule has 0 unspecified atom stereocenters. The average molecular weight is 281 g/mol. The summed E-state index contributed by atoms with van der Waals surface area (Å²) < 4.78 is 5.38. The van der Waals surface area contributed by atoms with Crippen molar-refractivity contribution in [2.75, 3.05) is 0 Å². The molecule has 108 valence electrons. The summed E-state index contributed by atoms with van der Waals surface area (Å²) in [4.78, 5) is 16.7. The molecule has 0 saturated heterocycles. The number of aliphatic imine (C=N–C) groups is 1. The minimum absolute atomic E-state index is 0.376. The molecule has 0 amide bonds. The van der Waals surface area contributed by atoms with Crippen LogP contribution in [0.2, 0.25) is 0 Å². The maximum absolute atomic E-state index is 12.3. The Balaban J connectivity index is 2.15. The standard InChI is InChI=1S/C18H19NO2/c1-2-3-14-17(19-15-10-6-4-7-11-15)18(20)21-16-12-8-5-9-13-16/h4-13H,2-3,14H2,1H3. The highest BCUT2D eigenvalue weighted by Crippen LogP contribution is 2.15. The van der Waals surface area contributed by atoms with Gasteiger partial charge in [0.05, 0.1) is 5.69 Å². The Labute approximate surface area is 125 Å². The molecule has 0 heterocycles. The van der Waals surface area contributed by atoms with Gasteiger partial charge >= 0.3 is 5.97 Å². The van der Waals surface area contributed by atoms with Crippen molar-refractivity contribution >= 4 is 17.4 Å². The molecule has 0 aliphatic carbocycles. The molecule has 0 spiro atoms. The van der Waals surface area contributed by atoms with E-state index in [1.165, 1.54) is 0 Å². The van der Waals surface area contributed by atoms with Crippen LogP contribution in [0, 0.1) is 0 Å². The summed E-state index contributed by atoms with van der Waals surface area (Å²) in [6.45, 7) is 2.09. The lowest BCUT2D eigenvalue weighted by Crippen LogP contribution is -2.20. The molecule has 3 heteroatoms. The third-order valence-corrected chi connectivity index (χ3v) is 2.98. The van der Waals surface area contributed by atoms with Gasteiger partial charge in [-0.3, -0.25) is 0 Å². The van der Waals surface area contributed by atoms with Crippen LogP contribution >= 0.6 is 0 Å². The van der Waals surface area contributed by atoms with Crippen molar-refractivity contribution in [2.24, 2.45) is 4.99 Å².